The third-order valence-electron chi connectivity index (χ3n) is 2.84. The van der Waals surface area contributed by atoms with Crippen LogP contribution in [-0.4, -0.2) is 29.7 Å². The Morgan fingerprint density at radius 1 is 1.47 bits per heavy atom. The van der Waals surface area contributed by atoms with Crippen molar-refractivity contribution in [3.63, 3.8) is 0 Å². The molecule has 2 heterocycles. The predicted molar refractivity (Wildman–Crippen MR) is 62.2 cm³/mol. The molecule has 17 heavy (non-hydrogen) atoms. The first-order valence-corrected chi connectivity index (χ1v) is 5.89. The molecule has 0 saturated carbocycles. The Balaban J connectivity index is 2.66. The third-order valence-corrected chi connectivity index (χ3v) is 3.61. The van der Waals surface area contributed by atoms with E-state index in [0.29, 0.717) is 23.0 Å². The van der Waals surface area contributed by atoms with E-state index < -0.39 is 11.8 Å². The van der Waals surface area contributed by atoms with E-state index in [-0.39, 0.29) is 12.0 Å². The Morgan fingerprint density at radius 2 is 2.18 bits per heavy atom. The molecule has 1 aliphatic rings. The summed E-state index contributed by atoms with van der Waals surface area (Å²) in [5.74, 6) is -1.12. The van der Waals surface area contributed by atoms with Crippen LogP contribution in [0.15, 0.2) is 4.47 Å². The summed E-state index contributed by atoms with van der Waals surface area (Å²) in [5.41, 5.74) is 1.36. The van der Waals surface area contributed by atoms with Crippen molar-refractivity contribution in [3.8, 4) is 0 Å². The first-order chi connectivity index (χ1) is 8.11. The molecular formula is C11H10BrNO4. The molecule has 0 atom stereocenters. The number of carbonyl (C=O) groups is 3. The smallest absolute Gasteiger partial charge is 0.340 e. The van der Waals surface area contributed by atoms with E-state index in [9.17, 15) is 14.4 Å². The lowest BCUT2D eigenvalue weighted by molar-refractivity contribution is -0.104. The molecular weight excluding hydrogens is 290 g/mol. The number of rotatable bonds is 3. The van der Waals surface area contributed by atoms with Gasteiger partial charge in [-0.05, 0) is 28.8 Å². The Morgan fingerprint density at radius 3 is 2.76 bits per heavy atom. The van der Waals surface area contributed by atoms with Crippen molar-refractivity contribution in [3.05, 3.63) is 21.4 Å². The largest absolute Gasteiger partial charge is 0.465 e. The van der Waals surface area contributed by atoms with Gasteiger partial charge in [-0.2, -0.15) is 0 Å². The van der Waals surface area contributed by atoms with Crippen LogP contribution in [0.1, 0.15) is 33.0 Å². The van der Waals surface area contributed by atoms with Crippen LogP contribution in [0.2, 0.25) is 0 Å². The summed E-state index contributed by atoms with van der Waals surface area (Å²) in [7, 11) is 1.29. The van der Waals surface area contributed by atoms with Crippen LogP contribution >= 0.6 is 15.9 Å². The van der Waals surface area contributed by atoms with Gasteiger partial charge >= 0.3 is 5.97 Å². The van der Waals surface area contributed by atoms with Crippen LogP contribution in [0, 0.1) is 0 Å². The average molecular weight is 300 g/mol. The summed E-state index contributed by atoms with van der Waals surface area (Å²) >= 11 is 3.21. The molecule has 0 N–H and O–H groups in total. The van der Waals surface area contributed by atoms with Gasteiger partial charge in [0.25, 0.3) is 0 Å². The van der Waals surface area contributed by atoms with Crippen LogP contribution in [0.4, 0.5) is 0 Å². The van der Waals surface area contributed by atoms with E-state index in [2.05, 4.69) is 20.7 Å². The molecule has 0 aliphatic carbocycles. The molecule has 0 unspecified atom stereocenters. The highest BCUT2D eigenvalue weighted by atomic mass is 79.9. The van der Waals surface area contributed by atoms with Crippen molar-refractivity contribution in [2.24, 2.45) is 0 Å². The fourth-order valence-corrected chi connectivity index (χ4v) is 2.95. The van der Waals surface area contributed by atoms with E-state index in [1.807, 2.05) is 0 Å². The van der Waals surface area contributed by atoms with Crippen molar-refractivity contribution in [1.82, 2.24) is 4.57 Å². The van der Waals surface area contributed by atoms with E-state index in [4.69, 9.17) is 0 Å². The quantitative estimate of drug-likeness (QED) is 0.366. The van der Waals surface area contributed by atoms with E-state index in [0.717, 1.165) is 12.1 Å². The minimum Gasteiger partial charge on any atom is -0.465 e. The average Bonchev–Trinajstić information content (AvgIpc) is 2.86. The Hall–Kier alpha value is -1.43. The van der Waals surface area contributed by atoms with E-state index in [1.165, 1.54) is 7.11 Å². The summed E-state index contributed by atoms with van der Waals surface area (Å²) in [5, 5.41) is 0. The summed E-state index contributed by atoms with van der Waals surface area (Å²) in [6, 6.07) is 0. The first kappa shape index (κ1) is 12.0. The second-order valence-electron chi connectivity index (χ2n) is 3.71. The Kier molecular flexibility index (Phi) is 3.15. The number of hydrogen-bond acceptors (Lipinski definition) is 4. The topological polar surface area (TPSA) is 65.4 Å². The van der Waals surface area contributed by atoms with E-state index >= 15 is 0 Å². The minimum atomic E-state index is -0.629. The second-order valence-corrected chi connectivity index (χ2v) is 4.51. The van der Waals surface area contributed by atoms with Gasteiger partial charge in [0.1, 0.15) is 5.69 Å². The zero-order valence-corrected chi connectivity index (χ0v) is 10.7. The summed E-state index contributed by atoms with van der Waals surface area (Å²) in [4.78, 5) is 33.8. The number of Topliss-reactive ketones (excluding diaryl/α,β-unsaturated/α-hetero) is 1. The monoisotopic (exact) mass is 299 g/mol. The number of methoxy groups -OCH3 is 1. The van der Waals surface area contributed by atoms with Crippen molar-refractivity contribution >= 4 is 34.0 Å². The number of ketones is 1. The molecule has 1 aromatic heterocycles. The molecule has 0 aromatic carbocycles. The number of carbonyl (C=O) groups excluding carboxylic acids is 3. The number of hydrogen-bond donors (Lipinski definition) is 0. The molecule has 0 spiro atoms. The van der Waals surface area contributed by atoms with Crippen LogP contribution < -0.4 is 0 Å². The zero-order chi connectivity index (χ0) is 12.6. The van der Waals surface area contributed by atoms with Crippen LogP contribution in [-0.2, 0) is 22.5 Å². The molecule has 0 bridgehead atoms. The molecule has 0 radical (unpaired) electrons. The Bertz CT molecular complexity index is 518. The number of esters is 1. The van der Waals surface area contributed by atoms with Crippen molar-refractivity contribution < 1.29 is 19.1 Å². The number of fused-ring (bicyclic) bond motifs is 1. The molecule has 1 aromatic rings. The zero-order valence-electron chi connectivity index (χ0n) is 9.16. The van der Waals surface area contributed by atoms with Gasteiger partial charge in [0.15, 0.2) is 6.29 Å². The molecule has 0 saturated heterocycles. The summed E-state index contributed by atoms with van der Waals surface area (Å²) < 4.78 is 6.76. The summed E-state index contributed by atoms with van der Waals surface area (Å²) in [6.45, 7) is 0.639. The van der Waals surface area contributed by atoms with Gasteiger partial charge in [-0.15, -0.1) is 0 Å². The lowest BCUT2D eigenvalue weighted by Gasteiger charge is -2.00. The lowest BCUT2D eigenvalue weighted by atomic mass is 10.1. The van der Waals surface area contributed by atoms with Crippen LogP contribution in [0.3, 0.4) is 0 Å². The standard InChI is InChI=1S/C11H10BrNO4/c1-17-11(16)8-6-3-2-4-13(6)10(9(8)12)7(15)5-14/h5H,2-4H2,1H3. The van der Waals surface area contributed by atoms with Gasteiger partial charge in [-0.1, -0.05) is 0 Å². The van der Waals surface area contributed by atoms with Crippen LogP contribution in [0.25, 0.3) is 0 Å². The number of aromatic nitrogens is 1. The van der Waals surface area contributed by atoms with Crippen molar-refractivity contribution in [1.29, 1.82) is 0 Å². The SMILES string of the molecule is COC(=O)c1c(Br)c(C(=O)C=O)n2c1CCC2. The molecule has 1 aliphatic heterocycles. The number of halogens is 1. The lowest BCUT2D eigenvalue weighted by Crippen LogP contribution is -2.08. The molecule has 2 rings (SSSR count). The molecule has 5 nitrogen and oxygen atoms in total. The third kappa shape index (κ3) is 1.72. The minimum absolute atomic E-state index is 0.243. The van der Waals surface area contributed by atoms with Crippen LogP contribution in [0.5, 0.6) is 0 Å². The fourth-order valence-electron chi connectivity index (χ4n) is 2.15. The number of nitrogens with zero attached hydrogens (tertiary/aromatic N) is 1. The normalized spacial score (nSPS) is 13.3. The summed E-state index contributed by atoms with van der Waals surface area (Å²) in [6.07, 6.45) is 1.81. The van der Waals surface area contributed by atoms with Gasteiger partial charge < -0.3 is 9.30 Å². The van der Waals surface area contributed by atoms with Gasteiger partial charge in [0.2, 0.25) is 5.78 Å². The predicted octanol–water partition coefficient (Wildman–Crippen LogP) is 1.36. The highest BCUT2D eigenvalue weighted by Crippen LogP contribution is 2.33. The first-order valence-electron chi connectivity index (χ1n) is 5.10. The highest BCUT2D eigenvalue weighted by molar-refractivity contribution is 9.10. The number of aldehydes is 1. The number of ether oxygens (including phenoxy) is 1. The van der Waals surface area contributed by atoms with E-state index in [1.54, 1.807) is 4.57 Å². The molecule has 0 fully saturated rings. The maximum atomic E-state index is 11.7. The van der Waals surface area contributed by atoms with Crippen molar-refractivity contribution in [2.45, 2.75) is 19.4 Å². The van der Waals surface area contributed by atoms with Gasteiger partial charge in [0, 0.05) is 12.2 Å². The molecule has 6 heteroatoms. The second kappa shape index (κ2) is 4.44. The molecule has 0 amide bonds. The van der Waals surface area contributed by atoms with Gasteiger partial charge in [-0.25, -0.2) is 4.79 Å². The molecule has 90 valence electrons. The maximum absolute atomic E-state index is 11.7. The maximum Gasteiger partial charge on any atom is 0.340 e. The van der Waals surface area contributed by atoms with Crippen molar-refractivity contribution in [2.75, 3.05) is 7.11 Å². The van der Waals surface area contributed by atoms with Gasteiger partial charge in [-0.3, -0.25) is 9.59 Å². The van der Waals surface area contributed by atoms with Gasteiger partial charge in [0.05, 0.1) is 17.1 Å². The Labute approximate surface area is 106 Å². The fraction of sp³-hybridized carbons (Fsp3) is 0.364. The highest BCUT2D eigenvalue weighted by Gasteiger charge is 2.31.